The Balaban J connectivity index is 2.02. The molecule has 0 saturated carbocycles. The van der Waals surface area contributed by atoms with Gasteiger partial charge in [-0.25, -0.2) is 4.68 Å². The summed E-state index contributed by atoms with van der Waals surface area (Å²) in [6, 6.07) is 0. The van der Waals surface area contributed by atoms with Gasteiger partial charge in [0.2, 0.25) is 5.89 Å². The summed E-state index contributed by atoms with van der Waals surface area (Å²) in [5.41, 5.74) is 0.424. The normalized spacial score (nSPS) is 10.4. The quantitative estimate of drug-likeness (QED) is 0.804. The molecule has 0 spiro atoms. The van der Waals surface area contributed by atoms with Crippen molar-refractivity contribution < 1.29 is 4.52 Å². The van der Waals surface area contributed by atoms with E-state index in [0.717, 1.165) is 0 Å². The maximum absolute atomic E-state index is 11.9. The van der Waals surface area contributed by atoms with Crippen LogP contribution in [0.15, 0.2) is 39.0 Å². The minimum atomic E-state index is -0.206. The standard InChI is InChI=1S/C11H12BrN5O2/c1-2-5-17-11(18)10(12)8(6-15-17)13-4-3-9-14-7-16-19-9/h2,6-7,13H,1,3-5H2. The van der Waals surface area contributed by atoms with Crippen LogP contribution in [0.1, 0.15) is 5.89 Å². The summed E-state index contributed by atoms with van der Waals surface area (Å²) in [5.74, 6) is 0.539. The lowest BCUT2D eigenvalue weighted by atomic mass is 10.4. The second-order valence-electron chi connectivity index (χ2n) is 3.66. The van der Waals surface area contributed by atoms with Crippen LogP contribution >= 0.6 is 15.9 Å². The molecule has 0 fully saturated rings. The summed E-state index contributed by atoms with van der Waals surface area (Å²) in [4.78, 5) is 15.8. The smallest absolute Gasteiger partial charge is 0.283 e. The van der Waals surface area contributed by atoms with E-state index in [1.807, 2.05) is 0 Å². The Morgan fingerprint density at radius 1 is 1.58 bits per heavy atom. The van der Waals surface area contributed by atoms with Crippen LogP contribution in [0.5, 0.6) is 0 Å². The van der Waals surface area contributed by atoms with Gasteiger partial charge in [0.15, 0.2) is 6.33 Å². The van der Waals surface area contributed by atoms with Gasteiger partial charge in [0.1, 0.15) is 4.47 Å². The van der Waals surface area contributed by atoms with Gasteiger partial charge in [0.05, 0.1) is 18.4 Å². The first-order chi connectivity index (χ1) is 9.22. The van der Waals surface area contributed by atoms with Gasteiger partial charge in [0, 0.05) is 13.0 Å². The topological polar surface area (TPSA) is 85.8 Å². The van der Waals surface area contributed by atoms with Crippen molar-refractivity contribution in [3.8, 4) is 0 Å². The van der Waals surface area contributed by atoms with Gasteiger partial charge >= 0.3 is 0 Å². The monoisotopic (exact) mass is 325 g/mol. The number of rotatable bonds is 6. The highest BCUT2D eigenvalue weighted by atomic mass is 79.9. The molecule has 0 aromatic carbocycles. The minimum Gasteiger partial charge on any atom is -0.382 e. The van der Waals surface area contributed by atoms with Crippen molar-refractivity contribution in [1.29, 1.82) is 0 Å². The largest absolute Gasteiger partial charge is 0.382 e. The summed E-state index contributed by atoms with van der Waals surface area (Å²) < 4.78 is 6.63. The van der Waals surface area contributed by atoms with Crippen LogP contribution in [0.4, 0.5) is 5.69 Å². The van der Waals surface area contributed by atoms with E-state index in [4.69, 9.17) is 4.52 Å². The van der Waals surface area contributed by atoms with E-state index in [1.165, 1.54) is 11.0 Å². The van der Waals surface area contributed by atoms with E-state index in [2.05, 4.69) is 43.1 Å². The summed E-state index contributed by atoms with van der Waals surface area (Å²) in [6.07, 6.45) is 5.12. The molecule has 2 heterocycles. The van der Waals surface area contributed by atoms with Crippen LogP contribution in [0, 0.1) is 0 Å². The molecule has 0 aliphatic carbocycles. The van der Waals surface area contributed by atoms with Crippen molar-refractivity contribution in [3.63, 3.8) is 0 Å². The van der Waals surface area contributed by atoms with Crippen molar-refractivity contribution in [1.82, 2.24) is 19.9 Å². The second kappa shape index (κ2) is 6.28. The second-order valence-corrected chi connectivity index (χ2v) is 4.45. The predicted octanol–water partition coefficient (Wildman–Crippen LogP) is 1.23. The van der Waals surface area contributed by atoms with Gasteiger partial charge in [0.25, 0.3) is 5.56 Å². The maximum Gasteiger partial charge on any atom is 0.283 e. The van der Waals surface area contributed by atoms with Gasteiger partial charge < -0.3 is 9.84 Å². The van der Waals surface area contributed by atoms with Crippen LogP contribution in [0.2, 0.25) is 0 Å². The first-order valence-corrected chi connectivity index (χ1v) is 6.37. The zero-order chi connectivity index (χ0) is 13.7. The third kappa shape index (κ3) is 3.28. The Morgan fingerprint density at radius 2 is 2.42 bits per heavy atom. The number of allylic oxidation sites excluding steroid dienone is 1. The van der Waals surface area contributed by atoms with Gasteiger partial charge in [-0.15, -0.1) is 6.58 Å². The number of aromatic nitrogens is 4. The van der Waals surface area contributed by atoms with Crippen molar-refractivity contribution >= 4 is 21.6 Å². The Labute approximate surface area is 117 Å². The number of halogens is 1. The number of nitrogens with one attached hydrogen (secondary N) is 1. The average Bonchev–Trinajstić information content (AvgIpc) is 2.91. The minimum absolute atomic E-state index is 0.206. The lowest BCUT2D eigenvalue weighted by Crippen LogP contribution is -2.24. The van der Waals surface area contributed by atoms with Gasteiger partial charge in [-0.05, 0) is 15.9 Å². The molecule has 7 nitrogen and oxygen atoms in total. The molecule has 0 saturated heterocycles. The fourth-order valence-electron chi connectivity index (χ4n) is 1.45. The fraction of sp³-hybridized carbons (Fsp3) is 0.273. The van der Waals surface area contributed by atoms with Crippen LogP contribution in [-0.2, 0) is 13.0 Å². The number of anilines is 1. The molecule has 0 aliphatic rings. The number of hydrogen-bond acceptors (Lipinski definition) is 6. The van der Waals surface area contributed by atoms with Gasteiger partial charge in [-0.2, -0.15) is 10.1 Å². The van der Waals surface area contributed by atoms with Crippen LogP contribution in [-0.4, -0.2) is 26.5 Å². The molecule has 8 heteroatoms. The lowest BCUT2D eigenvalue weighted by Gasteiger charge is -2.08. The third-order valence-electron chi connectivity index (χ3n) is 2.35. The van der Waals surface area contributed by atoms with E-state index in [9.17, 15) is 4.79 Å². The molecule has 2 aromatic heterocycles. The molecule has 2 aromatic rings. The Morgan fingerprint density at radius 3 is 3.11 bits per heavy atom. The Hall–Kier alpha value is -1.96. The number of nitrogens with zero attached hydrogens (tertiary/aromatic N) is 4. The molecule has 0 amide bonds. The van der Waals surface area contributed by atoms with Crippen molar-refractivity contribution in [3.05, 3.63) is 45.9 Å². The molecule has 0 atom stereocenters. The van der Waals surface area contributed by atoms with Crippen LogP contribution in [0.25, 0.3) is 0 Å². The van der Waals surface area contributed by atoms with E-state index >= 15 is 0 Å². The molecule has 2 rings (SSSR count). The Kier molecular flexibility index (Phi) is 4.45. The molecule has 100 valence electrons. The maximum atomic E-state index is 11.9. The fourth-order valence-corrected chi connectivity index (χ4v) is 1.90. The summed E-state index contributed by atoms with van der Waals surface area (Å²) in [5, 5.41) is 10.6. The zero-order valence-corrected chi connectivity index (χ0v) is 11.6. The molecule has 0 radical (unpaired) electrons. The Bertz CT molecular complexity index is 608. The highest BCUT2D eigenvalue weighted by Crippen LogP contribution is 2.15. The SMILES string of the molecule is C=CCn1ncc(NCCc2ncno2)c(Br)c1=O. The number of hydrogen-bond donors (Lipinski definition) is 1. The first kappa shape index (κ1) is 13.5. The van der Waals surface area contributed by atoms with Crippen LogP contribution in [0.3, 0.4) is 0 Å². The van der Waals surface area contributed by atoms with E-state index in [-0.39, 0.29) is 5.56 Å². The van der Waals surface area contributed by atoms with E-state index in [0.29, 0.717) is 35.6 Å². The van der Waals surface area contributed by atoms with Crippen LogP contribution < -0.4 is 10.9 Å². The first-order valence-electron chi connectivity index (χ1n) is 5.58. The van der Waals surface area contributed by atoms with E-state index in [1.54, 1.807) is 12.3 Å². The third-order valence-corrected chi connectivity index (χ3v) is 3.11. The molecule has 0 bridgehead atoms. The molecular weight excluding hydrogens is 314 g/mol. The van der Waals surface area contributed by atoms with Gasteiger partial charge in [-0.3, -0.25) is 4.79 Å². The van der Waals surface area contributed by atoms with Gasteiger partial charge in [-0.1, -0.05) is 11.2 Å². The summed E-state index contributed by atoms with van der Waals surface area (Å²) in [7, 11) is 0. The van der Waals surface area contributed by atoms with Crippen molar-refractivity contribution in [2.24, 2.45) is 0 Å². The van der Waals surface area contributed by atoms with Crippen molar-refractivity contribution in [2.45, 2.75) is 13.0 Å². The molecule has 1 N–H and O–H groups in total. The van der Waals surface area contributed by atoms with Crippen molar-refractivity contribution in [2.75, 3.05) is 11.9 Å². The molecule has 0 unspecified atom stereocenters. The zero-order valence-electron chi connectivity index (χ0n) is 10.0. The predicted molar refractivity (Wildman–Crippen MR) is 72.9 cm³/mol. The average molecular weight is 326 g/mol. The highest BCUT2D eigenvalue weighted by molar-refractivity contribution is 9.10. The summed E-state index contributed by atoms with van der Waals surface area (Å²) >= 11 is 3.26. The highest BCUT2D eigenvalue weighted by Gasteiger charge is 2.08. The lowest BCUT2D eigenvalue weighted by molar-refractivity contribution is 0.380. The molecule has 0 aliphatic heterocycles. The summed E-state index contributed by atoms with van der Waals surface area (Å²) in [6.45, 7) is 4.51. The molecular formula is C11H12BrN5O2. The van der Waals surface area contributed by atoms with E-state index < -0.39 is 0 Å². The molecule has 19 heavy (non-hydrogen) atoms.